The van der Waals surface area contributed by atoms with Gasteiger partial charge in [-0.25, -0.2) is 0 Å². The van der Waals surface area contributed by atoms with E-state index in [1.165, 1.54) is 0 Å². The summed E-state index contributed by atoms with van der Waals surface area (Å²) in [6.07, 6.45) is 8.47. The van der Waals surface area contributed by atoms with Crippen molar-refractivity contribution >= 4 is 47.8 Å². The summed E-state index contributed by atoms with van der Waals surface area (Å²) >= 11 is 12.1. The Hall–Kier alpha value is -3.06. The number of aromatic nitrogens is 1. The lowest BCUT2D eigenvalue weighted by Crippen LogP contribution is -2.40. The monoisotopic (exact) mass is 493 g/mol. The number of hydrogen-bond acceptors (Lipinski definition) is 2. The Kier molecular flexibility index (Phi) is 6.21. The summed E-state index contributed by atoms with van der Waals surface area (Å²) in [5, 5.41) is 1.03. The molecule has 0 saturated heterocycles. The predicted molar refractivity (Wildman–Crippen MR) is 140 cm³/mol. The Labute approximate surface area is 208 Å². The fourth-order valence-electron chi connectivity index (χ4n) is 4.66. The number of rotatable bonds is 6. The minimum absolute atomic E-state index is 0.512. The molecule has 0 radical (unpaired) electrons. The van der Waals surface area contributed by atoms with Crippen molar-refractivity contribution in [3.05, 3.63) is 106 Å². The van der Waals surface area contributed by atoms with Crippen LogP contribution in [0.4, 0.5) is 4.32 Å². The number of halogens is 3. The van der Waals surface area contributed by atoms with Crippen molar-refractivity contribution in [2.45, 2.75) is 13.3 Å². The molecule has 34 heavy (non-hydrogen) atoms. The van der Waals surface area contributed by atoms with Crippen LogP contribution in [0.5, 0.6) is 11.5 Å². The zero-order chi connectivity index (χ0) is 23.8. The first-order valence-electron chi connectivity index (χ1n) is 11.1. The first-order valence-corrected chi connectivity index (χ1v) is 11.9. The molecule has 2 aliphatic rings. The molecule has 2 N–H and O–H groups in total. The zero-order valence-electron chi connectivity index (χ0n) is 18.6. The van der Waals surface area contributed by atoms with Gasteiger partial charge in [-0.3, -0.25) is 0 Å². The lowest BCUT2D eigenvalue weighted by molar-refractivity contribution is -0.335. The van der Waals surface area contributed by atoms with Crippen LogP contribution in [0, 0.1) is 0 Å². The van der Waals surface area contributed by atoms with Crippen molar-refractivity contribution in [2.75, 3.05) is 6.54 Å². The first kappa shape index (κ1) is 22.7. The molecule has 0 bridgehead atoms. The van der Waals surface area contributed by atoms with E-state index in [0.29, 0.717) is 34.5 Å². The molecule has 2 aliphatic heterocycles. The van der Waals surface area contributed by atoms with E-state index in [0.717, 1.165) is 33.8 Å². The number of nitrogens with two attached hydrogens (primary N) is 1. The molecular formula is C26H23BCl2FN3O. The van der Waals surface area contributed by atoms with E-state index in [9.17, 15) is 0 Å². The first-order chi connectivity index (χ1) is 16.4. The van der Waals surface area contributed by atoms with Crippen LogP contribution in [0.2, 0.25) is 10.0 Å². The highest BCUT2D eigenvalue weighted by Crippen LogP contribution is 2.36. The quantitative estimate of drug-likeness (QED) is 0.408. The molecule has 0 amide bonds. The highest BCUT2D eigenvalue weighted by molar-refractivity contribution is 6.43. The van der Waals surface area contributed by atoms with E-state index < -0.39 is 7.26 Å². The number of fused-ring (bicyclic) bond motifs is 2. The number of benzene rings is 2. The molecule has 1 unspecified atom stereocenters. The molecule has 0 fully saturated rings. The summed E-state index contributed by atoms with van der Waals surface area (Å²) in [4.78, 5) is 0. The van der Waals surface area contributed by atoms with E-state index in [1.54, 1.807) is 22.7 Å². The Morgan fingerprint density at radius 1 is 1.06 bits per heavy atom. The molecule has 172 valence electrons. The van der Waals surface area contributed by atoms with Gasteiger partial charge < -0.3 is 23.8 Å². The van der Waals surface area contributed by atoms with Crippen molar-refractivity contribution in [3.63, 3.8) is 0 Å². The molecule has 1 atom stereocenters. The van der Waals surface area contributed by atoms with Crippen LogP contribution >= 0.6 is 23.2 Å². The molecule has 3 aromatic rings. The molecule has 8 heteroatoms. The smallest absolute Gasteiger partial charge is 0.457 e. The Balaban J connectivity index is 1.42. The van der Waals surface area contributed by atoms with Crippen LogP contribution in [-0.2, 0) is 0 Å². The topological polar surface area (TPSA) is 43.2 Å². The SMILES string of the molecule is CC1=CC(/C=C/c2ccc(Oc3cc(Cl)cc(Cl)c3)cc2)=[N+]2[BH-](F)n3cccc3C(CCN)=C12. The molecule has 0 aliphatic carbocycles. The molecule has 5 rings (SSSR count). The van der Waals surface area contributed by atoms with Crippen molar-refractivity contribution in [1.82, 2.24) is 4.48 Å². The summed E-state index contributed by atoms with van der Waals surface area (Å²) < 4.78 is 25.0. The summed E-state index contributed by atoms with van der Waals surface area (Å²) in [6.45, 7) is 2.54. The summed E-state index contributed by atoms with van der Waals surface area (Å²) in [6, 6.07) is 16.6. The number of nitrogens with zero attached hydrogens (tertiary/aromatic N) is 2. The third-order valence-electron chi connectivity index (χ3n) is 6.08. The number of hydrogen-bond donors (Lipinski definition) is 1. The minimum Gasteiger partial charge on any atom is -0.457 e. The summed E-state index contributed by atoms with van der Waals surface area (Å²) in [7, 11) is -2.28. The second-order valence-corrected chi connectivity index (χ2v) is 9.27. The van der Waals surface area contributed by atoms with Crippen molar-refractivity contribution in [1.29, 1.82) is 0 Å². The van der Waals surface area contributed by atoms with Crippen LogP contribution in [0.1, 0.15) is 24.6 Å². The minimum atomic E-state index is -2.28. The summed E-state index contributed by atoms with van der Waals surface area (Å²) in [5.74, 6) is 1.24. The molecular weight excluding hydrogens is 471 g/mol. The van der Waals surface area contributed by atoms with Gasteiger partial charge in [-0.1, -0.05) is 35.3 Å². The standard InChI is InChI=1S/C26H23BCl2FN3O/c1-17-13-21(33-26(17)24(10-11-31)25-3-2-12-32(25)27(33)30)7-4-18-5-8-22(9-6-18)34-23-15-19(28)14-20(29)16-23/h2-9,12-16,27H,10-11,31H2,1H3/b7-4+. The Morgan fingerprint density at radius 2 is 1.79 bits per heavy atom. The van der Waals surface area contributed by atoms with Gasteiger partial charge in [0.05, 0.1) is 0 Å². The highest BCUT2D eigenvalue weighted by atomic mass is 35.5. The van der Waals surface area contributed by atoms with Gasteiger partial charge in [0.2, 0.25) is 0 Å². The van der Waals surface area contributed by atoms with E-state index in [1.807, 2.05) is 72.2 Å². The zero-order valence-corrected chi connectivity index (χ0v) is 20.2. The highest BCUT2D eigenvalue weighted by Gasteiger charge is 2.37. The molecule has 3 heterocycles. The fourth-order valence-corrected chi connectivity index (χ4v) is 5.17. The second kappa shape index (κ2) is 9.30. The van der Waals surface area contributed by atoms with Gasteiger partial charge in [0, 0.05) is 39.0 Å². The maximum absolute atomic E-state index is 15.6. The number of allylic oxidation sites excluding steroid dienone is 3. The molecule has 2 aromatic carbocycles. The van der Waals surface area contributed by atoms with Crippen LogP contribution in [0.25, 0.3) is 11.6 Å². The average molecular weight is 494 g/mol. The van der Waals surface area contributed by atoms with E-state index in [2.05, 4.69) is 0 Å². The van der Waals surface area contributed by atoms with Gasteiger partial charge >= 0.3 is 7.26 Å². The third-order valence-corrected chi connectivity index (χ3v) is 6.52. The molecule has 1 aromatic heterocycles. The normalized spacial score (nSPS) is 17.3. The lowest BCUT2D eigenvalue weighted by Gasteiger charge is -2.29. The van der Waals surface area contributed by atoms with Crippen LogP contribution in [-0.4, -0.2) is 28.5 Å². The maximum atomic E-state index is 15.6. The van der Waals surface area contributed by atoms with Crippen LogP contribution in [0.15, 0.2) is 84.2 Å². The van der Waals surface area contributed by atoms with Gasteiger partial charge in [0.15, 0.2) is 11.4 Å². The van der Waals surface area contributed by atoms with Gasteiger partial charge in [-0.05, 0) is 80.2 Å². The molecule has 0 spiro atoms. The van der Waals surface area contributed by atoms with E-state index >= 15 is 4.32 Å². The van der Waals surface area contributed by atoms with E-state index in [-0.39, 0.29) is 0 Å². The van der Waals surface area contributed by atoms with Crippen molar-refractivity contribution in [3.8, 4) is 11.5 Å². The van der Waals surface area contributed by atoms with Gasteiger partial charge in [0.1, 0.15) is 11.5 Å². The molecule has 0 saturated carbocycles. The lowest BCUT2D eigenvalue weighted by atomic mass is 9.90. The maximum Gasteiger partial charge on any atom is 0.536 e. The summed E-state index contributed by atoms with van der Waals surface area (Å²) in [5.41, 5.74) is 11.7. The van der Waals surface area contributed by atoms with Gasteiger partial charge in [-0.15, -0.1) is 0 Å². The average Bonchev–Trinajstić information content (AvgIpc) is 3.41. The predicted octanol–water partition coefficient (Wildman–Crippen LogP) is 6.32. The van der Waals surface area contributed by atoms with Crippen molar-refractivity contribution in [2.24, 2.45) is 5.73 Å². The third kappa shape index (κ3) is 4.25. The van der Waals surface area contributed by atoms with Crippen molar-refractivity contribution < 1.29 is 13.5 Å². The van der Waals surface area contributed by atoms with E-state index in [4.69, 9.17) is 33.7 Å². The molecule has 4 nitrogen and oxygen atoms in total. The Bertz CT molecular complexity index is 1370. The fraction of sp³-hybridized carbons (Fsp3) is 0.115. The Morgan fingerprint density at radius 3 is 2.50 bits per heavy atom. The largest absolute Gasteiger partial charge is 0.536 e. The van der Waals surface area contributed by atoms with Gasteiger partial charge in [-0.2, -0.15) is 0 Å². The van der Waals surface area contributed by atoms with Crippen LogP contribution in [0.3, 0.4) is 0 Å². The number of ether oxygens (including phenoxy) is 1. The second-order valence-electron chi connectivity index (χ2n) is 8.40. The van der Waals surface area contributed by atoms with Gasteiger partial charge in [0.25, 0.3) is 0 Å². The van der Waals surface area contributed by atoms with Crippen LogP contribution < -0.4 is 10.5 Å².